The zero-order valence-electron chi connectivity index (χ0n) is 15.7. The Bertz CT molecular complexity index is 931. The molecule has 152 valence electrons. The Kier molecular flexibility index (Phi) is 6.33. The van der Waals surface area contributed by atoms with E-state index in [-0.39, 0.29) is 18.0 Å². The first-order valence-electron chi connectivity index (χ1n) is 9.01. The lowest BCUT2D eigenvalue weighted by Crippen LogP contribution is -2.44. The Morgan fingerprint density at radius 2 is 1.93 bits per heavy atom. The number of carbonyl (C=O) groups is 2. The van der Waals surface area contributed by atoms with Crippen LogP contribution in [0.15, 0.2) is 42.5 Å². The molecule has 0 unspecified atom stereocenters. The summed E-state index contributed by atoms with van der Waals surface area (Å²) in [5, 5.41) is 11.9. The van der Waals surface area contributed by atoms with Gasteiger partial charge in [-0.25, -0.2) is 0 Å². The Balaban J connectivity index is 1.85. The highest BCUT2D eigenvalue weighted by Gasteiger charge is 2.34. The van der Waals surface area contributed by atoms with Crippen LogP contribution in [0.3, 0.4) is 0 Å². The van der Waals surface area contributed by atoms with Crippen LogP contribution < -0.4 is 9.47 Å². The van der Waals surface area contributed by atoms with Gasteiger partial charge < -0.3 is 9.47 Å². The Morgan fingerprint density at radius 3 is 2.59 bits per heavy atom. The van der Waals surface area contributed by atoms with Crippen molar-refractivity contribution in [2.24, 2.45) is 0 Å². The van der Waals surface area contributed by atoms with E-state index in [1.165, 1.54) is 25.3 Å². The summed E-state index contributed by atoms with van der Waals surface area (Å²) >= 11 is 5.86. The molecule has 1 atom stereocenters. The van der Waals surface area contributed by atoms with Gasteiger partial charge in [-0.2, -0.15) is 0 Å². The van der Waals surface area contributed by atoms with E-state index in [1.54, 1.807) is 24.3 Å². The number of nitrogens with zero attached hydrogens (tertiary/aromatic N) is 2. The number of imide groups is 1. The number of hydrogen-bond acceptors (Lipinski definition) is 6. The number of ether oxygens (including phenoxy) is 2. The van der Waals surface area contributed by atoms with Crippen molar-refractivity contribution in [1.29, 1.82) is 0 Å². The van der Waals surface area contributed by atoms with Gasteiger partial charge in [-0.3, -0.25) is 24.6 Å². The van der Waals surface area contributed by atoms with E-state index < -0.39 is 22.8 Å². The topological polar surface area (TPSA) is 99.0 Å². The lowest BCUT2D eigenvalue weighted by molar-refractivity contribution is -0.386. The van der Waals surface area contributed by atoms with Gasteiger partial charge in [0.05, 0.1) is 18.1 Å². The van der Waals surface area contributed by atoms with E-state index >= 15 is 0 Å². The maximum absolute atomic E-state index is 13.0. The number of amides is 2. The van der Waals surface area contributed by atoms with Crippen LogP contribution in [-0.4, -0.2) is 41.4 Å². The monoisotopic (exact) mass is 418 g/mol. The molecule has 8 nitrogen and oxygen atoms in total. The van der Waals surface area contributed by atoms with Crippen molar-refractivity contribution in [1.82, 2.24) is 4.90 Å². The van der Waals surface area contributed by atoms with Crippen molar-refractivity contribution in [3.05, 3.63) is 63.2 Å². The molecule has 0 bridgehead atoms. The number of methoxy groups -OCH3 is 1. The van der Waals surface area contributed by atoms with Crippen LogP contribution in [-0.2, 0) is 4.79 Å². The zero-order chi connectivity index (χ0) is 21.0. The van der Waals surface area contributed by atoms with Crippen molar-refractivity contribution in [2.75, 3.05) is 13.7 Å². The second-order valence-corrected chi connectivity index (χ2v) is 6.93. The van der Waals surface area contributed by atoms with Crippen LogP contribution in [0.1, 0.15) is 29.6 Å². The molecule has 0 aliphatic carbocycles. The van der Waals surface area contributed by atoms with Gasteiger partial charge in [0.2, 0.25) is 0 Å². The summed E-state index contributed by atoms with van der Waals surface area (Å²) in [6, 6.07) is 10.4. The standard InChI is InChI=1S/C20H19ClN2O6/c1-28-15-9-10-17(16(12-15)23(26)27)29-18-4-2-3-11-22(20(18)25)19(24)13-5-7-14(21)8-6-13/h5-10,12,18H,2-4,11H2,1H3/t18-/m1/s1. The second-order valence-electron chi connectivity index (χ2n) is 6.49. The molecule has 3 rings (SSSR count). The summed E-state index contributed by atoms with van der Waals surface area (Å²) in [6.45, 7) is 0.255. The fourth-order valence-corrected chi connectivity index (χ4v) is 3.21. The summed E-state index contributed by atoms with van der Waals surface area (Å²) in [5.74, 6) is -0.718. The molecule has 0 aromatic heterocycles. The number of nitro benzene ring substituents is 1. The van der Waals surface area contributed by atoms with Gasteiger partial charge in [0.15, 0.2) is 11.9 Å². The van der Waals surface area contributed by atoms with Gasteiger partial charge in [0.25, 0.3) is 11.8 Å². The molecule has 1 saturated heterocycles. The van der Waals surface area contributed by atoms with Gasteiger partial charge in [-0.05, 0) is 55.7 Å². The quantitative estimate of drug-likeness (QED) is 0.415. The van der Waals surface area contributed by atoms with E-state index in [0.29, 0.717) is 35.6 Å². The molecular formula is C20H19ClN2O6. The van der Waals surface area contributed by atoms with Gasteiger partial charge >= 0.3 is 5.69 Å². The van der Waals surface area contributed by atoms with Crippen LogP contribution in [0.2, 0.25) is 5.02 Å². The molecule has 1 heterocycles. The van der Waals surface area contributed by atoms with Crippen molar-refractivity contribution < 1.29 is 24.0 Å². The number of hydrogen-bond donors (Lipinski definition) is 0. The molecule has 2 aromatic rings. The lowest BCUT2D eigenvalue weighted by Gasteiger charge is -2.23. The van der Waals surface area contributed by atoms with Crippen LogP contribution in [0.4, 0.5) is 5.69 Å². The van der Waals surface area contributed by atoms with Crippen LogP contribution in [0, 0.1) is 10.1 Å². The lowest BCUT2D eigenvalue weighted by atomic mass is 10.1. The molecule has 1 fully saturated rings. The van der Waals surface area contributed by atoms with Gasteiger partial charge in [0.1, 0.15) is 5.75 Å². The van der Waals surface area contributed by atoms with E-state index in [9.17, 15) is 19.7 Å². The highest BCUT2D eigenvalue weighted by molar-refractivity contribution is 6.30. The molecule has 0 radical (unpaired) electrons. The zero-order valence-corrected chi connectivity index (χ0v) is 16.4. The molecule has 0 spiro atoms. The molecule has 2 amide bonds. The number of rotatable bonds is 5. The third-order valence-electron chi connectivity index (χ3n) is 4.61. The molecule has 1 aliphatic heterocycles. The highest BCUT2D eigenvalue weighted by atomic mass is 35.5. The minimum atomic E-state index is -0.999. The predicted octanol–water partition coefficient (Wildman–Crippen LogP) is 3.86. The number of carbonyl (C=O) groups excluding carboxylic acids is 2. The first kappa shape index (κ1) is 20.6. The van der Waals surface area contributed by atoms with Crippen LogP contribution >= 0.6 is 11.6 Å². The average Bonchev–Trinajstić information content (AvgIpc) is 2.90. The average molecular weight is 419 g/mol. The fraction of sp³-hybridized carbons (Fsp3) is 0.300. The Morgan fingerprint density at radius 1 is 1.21 bits per heavy atom. The number of nitro groups is 1. The Hall–Kier alpha value is -3.13. The number of halogens is 1. The van der Waals surface area contributed by atoms with Crippen molar-refractivity contribution in [2.45, 2.75) is 25.4 Å². The summed E-state index contributed by atoms with van der Waals surface area (Å²) in [4.78, 5) is 37.7. The Labute approximate surface area is 172 Å². The van der Waals surface area contributed by atoms with Gasteiger partial charge in [0, 0.05) is 17.1 Å². The van der Waals surface area contributed by atoms with Crippen molar-refractivity contribution >= 4 is 29.1 Å². The minimum Gasteiger partial charge on any atom is -0.496 e. The van der Waals surface area contributed by atoms with E-state index in [0.717, 1.165) is 4.90 Å². The highest BCUT2D eigenvalue weighted by Crippen LogP contribution is 2.33. The maximum Gasteiger partial charge on any atom is 0.314 e. The molecule has 0 N–H and O–H groups in total. The molecule has 29 heavy (non-hydrogen) atoms. The van der Waals surface area contributed by atoms with Gasteiger partial charge in [-0.1, -0.05) is 11.6 Å². The van der Waals surface area contributed by atoms with E-state index in [4.69, 9.17) is 21.1 Å². The minimum absolute atomic E-state index is 0.0464. The summed E-state index contributed by atoms with van der Waals surface area (Å²) in [7, 11) is 1.40. The van der Waals surface area contributed by atoms with Gasteiger partial charge in [-0.15, -0.1) is 0 Å². The van der Waals surface area contributed by atoms with Crippen molar-refractivity contribution in [3.63, 3.8) is 0 Å². The number of likely N-dealkylation sites (tertiary alicyclic amines) is 1. The molecule has 9 heteroatoms. The van der Waals surface area contributed by atoms with Crippen LogP contribution in [0.5, 0.6) is 11.5 Å². The largest absolute Gasteiger partial charge is 0.496 e. The summed E-state index contributed by atoms with van der Waals surface area (Å²) in [6.07, 6.45) is 0.619. The molecule has 0 saturated carbocycles. The third-order valence-corrected chi connectivity index (χ3v) is 4.86. The van der Waals surface area contributed by atoms with Crippen LogP contribution in [0.25, 0.3) is 0 Å². The smallest absolute Gasteiger partial charge is 0.314 e. The molecular weight excluding hydrogens is 400 g/mol. The summed E-state index contributed by atoms with van der Waals surface area (Å²) in [5.41, 5.74) is 0.0239. The fourth-order valence-electron chi connectivity index (χ4n) is 3.09. The van der Waals surface area contributed by atoms with Crippen molar-refractivity contribution in [3.8, 4) is 11.5 Å². The number of benzene rings is 2. The maximum atomic E-state index is 13.0. The SMILES string of the molecule is COc1ccc(O[C@@H]2CCCCN(C(=O)c3ccc(Cl)cc3)C2=O)c([N+](=O)[O-])c1. The predicted molar refractivity (Wildman–Crippen MR) is 105 cm³/mol. The second kappa shape index (κ2) is 8.91. The third kappa shape index (κ3) is 4.65. The normalized spacial score (nSPS) is 16.8. The first-order valence-corrected chi connectivity index (χ1v) is 9.39. The van der Waals surface area contributed by atoms with E-state index in [2.05, 4.69) is 0 Å². The first-order chi connectivity index (χ1) is 13.9. The summed E-state index contributed by atoms with van der Waals surface area (Å²) < 4.78 is 10.7. The van der Waals surface area contributed by atoms with E-state index in [1.807, 2.05) is 0 Å². The molecule has 1 aliphatic rings. The molecule has 2 aromatic carbocycles.